The zero-order valence-electron chi connectivity index (χ0n) is 12.6. The van der Waals surface area contributed by atoms with Gasteiger partial charge in [0.25, 0.3) is 0 Å². The molecule has 0 saturated carbocycles. The molecule has 1 fully saturated rings. The normalized spacial score (nSPS) is 21.5. The summed E-state index contributed by atoms with van der Waals surface area (Å²) >= 11 is 0. The van der Waals surface area contributed by atoms with Gasteiger partial charge in [0.2, 0.25) is 5.91 Å². The maximum Gasteiger partial charge on any atom is 0.223 e. The van der Waals surface area contributed by atoms with Crippen LogP contribution in [0.3, 0.4) is 0 Å². The molecule has 0 N–H and O–H groups in total. The Labute approximate surface area is 116 Å². The van der Waals surface area contributed by atoms with Gasteiger partial charge in [0.1, 0.15) is 9.84 Å². The topological polar surface area (TPSA) is 57.7 Å². The predicted octanol–water partition coefficient (Wildman–Crippen LogP) is 0.610. The minimum atomic E-state index is -2.92. The van der Waals surface area contributed by atoms with Gasteiger partial charge >= 0.3 is 0 Å². The fraction of sp³-hybridized carbons (Fsp3) is 0.923. The second-order valence-electron chi connectivity index (χ2n) is 6.64. The highest BCUT2D eigenvalue weighted by atomic mass is 32.2. The van der Waals surface area contributed by atoms with Crippen molar-refractivity contribution in [3.8, 4) is 0 Å². The van der Waals surface area contributed by atoms with Crippen molar-refractivity contribution in [1.29, 1.82) is 0 Å². The Hall–Kier alpha value is -0.620. The molecule has 19 heavy (non-hydrogen) atoms. The smallest absolute Gasteiger partial charge is 0.223 e. The van der Waals surface area contributed by atoms with E-state index in [0.29, 0.717) is 18.9 Å². The van der Waals surface area contributed by atoms with Crippen molar-refractivity contribution in [2.24, 2.45) is 5.92 Å². The second-order valence-corrected chi connectivity index (χ2v) is 8.90. The van der Waals surface area contributed by atoms with Crippen molar-refractivity contribution < 1.29 is 13.2 Å². The molecule has 6 heteroatoms. The fourth-order valence-electron chi connectivity index (χ4n) is 2.41. The number of sulfone groups is 1. The summed E-state index contributed by atoms with van der Waals surface area (Å²) in [6.45, 7) is 8.19. The first-order chi connectivity index (χ1) is 8.49. The number of carbonyl (C=O) groups is 1. The summed E-state index contributed by atoms with van der Waals surface area (Å²) in [6, 6.07) is 0. The summed E-state index contributed by atoms with van der Waals surface area (Å²) < 4.78 is 22.2. The van der Waals surface area contributed by atoms with Crippen LogP contribution in [0.15, 0.2) is 0 Å². The van der Waals surface area contributed by atoms with Crippen LogP contribution in [0, 0.1) is 5.92 Å². The zero-order chi connectivity index (χ0) is 14.8. The average Bonchev–Trinajstić information content (AvgIpc) is 2.55. The Bertz CT molecular complexity index is 426. The maximum absolute atomic E-state index is 11.9. The number of carbonyl (C=O) groups excluding carboxylic acids is 1. The van der Waals surface area contributed by atoms with Crippen molar-refractivity contribution in [3.05, 3.63) is 0 Å². The number of nitrogens with zero attached hydrogens (tertiary/aromatic N) is 2. The molecule has 1 aliphatic rings. The maximum atomic E-state index is 11.9. The van der Waals surface area contributed by atoms with Gasteiger partial charge in [-0.1, -0.05) is 0 Å². The second kappa shape index (κ2) is 5.79. The van der Waals surface area contributed by atoms with E-state index in [9.17, 15) is 13.2 Å². The Balaban J connectivity index is 2.45. The van der Waals surface area contributed by atoms with Gasteiger partial charge in [-0.2, -0.15) is 0 Å². The summed E-state index contributed by atoms with van der Waals surface area (Å²) in [6.07, 6.45) is 1.82. The van der Waals surface area contributed by atoms with E-state index in [1.807, 2.05) is 37.6 Å². The summed E-state index contributed by atoms with van der Waals surface area (Å²) in [5, 5.41) is 0. The molecule has 5 nitrogen and oxygen atoms in total. The lowest BCUT2D eigenvalue weighted by Gasteiger charge is -2.32. The van der Waals surface area contributed by atoms with Gasteiger partial charge in [-0.05, 0) is 33.7 Å². The van der Waals surface area contributed by atoms with E-state index in [1.165, 1.54) is 6.26 Å². The van der Waals surface area contributed by atoms with Crippen LogP contribution in [0.1, 0.15) is 27.2 Å². The van der Waals surface area contributed by atoms with Crippen molar-refractivity contribution in [1.82, 2.24) is 9.80 Å². The largest absolute Gasteiger partial charge is 0.338 e. The Kier molecular flexibility index (Phi) is 5.01. The summed E-state index contributed by atoms with van der Waals surface area (Å²) in [4.78, 5) is 15.9. The van der Waals surface area contributed by atoms with Crippen molar-refractivity contribution in [3.63, 3.8) is 0 Å². The molecule has 0 aromatic rings. The minimum Gasteiger partial charge on any atom is -0.338 e. The summed E-state index contributed by atoms with van der Waals surface area (Å²) in [5.74, 6) is 0.679. The van der Waals surface area contributed by atoms with E-state index in [4.69, 9.17) is 0 Å². The molecule has 1 rings (SSSR count). The van der Waals surface area contributed by atoms with Gasteiger partial charge in [-0.25, -0.2) is 8.42 Å². The lowest BCUT2D eigenvalue weighted by molar-refractivity contribution is -0.131. The van der Waals surface area contributed by atoms with Crippen molar-refractivity contribution >= 4 is 15.7 Å². The third kappa shape index (κ3) is 5.48. The molecule has 112 valence electrons. The SMILES string of the molecule is CN(CCS(C)(=O)=O)C[C@@H]1CC(=O)N(C(C)(C)C)C1. The van der Waals surface area contributed by atoms with E-state index in [0.717, 1.165) is 13.1 Å². The molecular formula is C13H26N2O3S. The van der Waals surface area contributed by atoms with Crippen LogP contribution in [-0.4, -0.2) is 68.4 Å². The standard InChI is InChI=1S/C13H26N2O3S/c1-13(2,3)15-10-11(8-12(15)16)9-14(4)6-7-19(5,17)18/h11H,6-10H2,1-5H3/t11-/m0/s1. The molecule has 1 heterocycles. The highest BCUT2D eigenvalue weighted by molar-refractivity contribution is 7.90. The van der Waals surface area contributed by atoms with Crippen LogP contribution in [0.2, 0.25) is 0 Å². The van der Waals surface area contributed by atoms with Crippen molar-refractivity contribution in [2.45, 2.75) is 32.7 Å². The zero-order valence-corrected chi connectivity index (χ0v) is 13.5. The Morgan fingerprint density at radius 1 is 1.37 bits per heavy atom. The van der Waals surface area contributed by atoms with Crippen molar-refractivity contribution in [2.75, 3.05) is 38.7 Å². The molecular weight excluding hydrogens is 264 g/mol. The Morgan fingerprint density at radius 2 is 1.95 bits per heavy atom. The molecule has 0 aromatic carbocycles. The molecule has 1 saturated heterocycles. The fourth-order valence-corrected chi connectivity index (χ4v) is 3.05. The van der Waals surface area contributed by atoms with Gasteiger partial charge in [0.05, 0.1) is 5.75 Å². The van der Waals surface area contributed by atoms with E-state index in [2.05, 4.69) is 0 Å². The number of hydrogen-bond acceptors (Lipinski definition) is 4. The lowest BCUT2D eigenvalue weighted by Crippen LogP contribution is -2.42. The van der Waals surface area contributed by atoms with Crippen LogP contribution in [0.25, 0.3) is 0 Å². The van der Waals surface area contributed by atoms with E-state index < -0.39 is 9.84 Å². The molecule has 0 aromatic heterocycles. The molecule has 1 atom stereocenters. The number of amides is 1. The van der Waals surface area contributed by atoms with E-state index in [-0.39, 0.29) is 17.2 Å². The van der Waals surface area contributed by atoms with E-state index >= 15 is 0 Å². The number of likely N-dealkylation sites (tertiary alicyclic amines) is 1. The van der Waals surface area contributed by atoms with Crippen LogP contribution in [0.4, 0.5) is 0 Å². The molecule has 0 spiro atoms. The average molecular weight is 290 g/mol. The summed E-state index contributed by atoms with van der Waals surface area (Å²) in [5.41, 5.74) is -0.128. The van der Waals surface area contributed by atoms with Gasteiger partial charge in [0, 0.05) is 37.8 Å². The van der Waals surface area contributed by atoms with Gasteiger partial charge in [0.15, 0.2) is 0 Å². The first kappa shape index (κ1) is 16.4. The lowest BCUT2D eigenvalue weighted by atomic mass is 10.1. The Morgan fingerprint density at radius 3 is 2.37 bits per heavy atom. The molecule has 0 unspecified atom stereocenters. The molecule has 1 aliphatic heterocycles. The minimum absolute atomic E-state index is 0.128. The quantitative estimate of drug-likeness (QED) is 0.744. The number of rotatable bonds is 5. The van der Waals surface area contributed by atoms with Crippen LogP contribution in [0.5, 0.6) is 0 Å². The number of hydrogen-bond donors (Lipinski definition) is 0. The first-order valence-corrected chi connectivity index (χ1v) is 8.72. The summed E-state index contributed by atoms with van der Waals surface area (Å²) in [7, 11) is -1.00. The predicted molar refractivity (Wildman–Crippen MR) is 76.8 cm³/mol. The van der Waals surface area contributed by atoms with Crippen LogP contribution >= 0.6 is 0 Å². The molecule has 0 bridgehead atoms. The monoisotopic (exact) mass is 290 g/mol. The molecule has 0 aliphatic carbocycles. The third-order valence-electron chi connectivity index (χ3n) is 3.43. The van der Waals surface area contributed by atoms with Crippen LogP contribution in [-0.2, 0) is 14.6 Å². The van der Waals surface area contributed by atoms with Gasteiger partial charge in [-0.3, -0.25) is 4.79 Å². The van der Waals surface area contributed by atoms with Gasteiger partial charge < -0.3 is 9.80 Å². The first-order valence-electron chi connectivity index (χ1n) is 6.66. The van der Waals surface area contributed by atoms with Gasteiger partial charge in [-0.15, -0.1) is 0 Å². The third-order valence-corrected chi connectivity index (χ3v) is 4.35. The van der Waals surface area contributed by atoms with E-state index in [1.54, 1.807) is 0 Å². The highest BCUT2D eigenvalue weighted by Crippen LogP contribution is 2.26. The molecule has 1 amide bonds. The highest BCUT2D eigenvalue weighted by Gasteiger charge is 2.36. The molecule has 0 radical (unpaired) electrons. The van der Waals surface area contributed by atoms with Crippen LogP contribution < -0.4 is 0 Å².